The van der Waals surface area contributed by atoms with Crippen molar-refractivity contribution in [3.63, 3.8) is 0 Å². The monoisotopic (exact) mass is 574 g/mol. The van der Waals surface area contributed by atoms with Gasteiger partial charge in [-0.25, -0.2) is 9.97 Å². The van der Waals surface area contributed by atoms with E-state index in [1.165, 1.54) is 0 Å². The zero-order valence-corrected chi connectivity index (χ0v) is 24.8. The lowest BCUT2D eigenvalue weighted by Gasteiger charge is -2.33. The minimum absolute atomic E-state index is 0.0335. The zero-order chi connectivity index (χ0) is 29.4. The van der Waals surface area contributed by atoms with E-state index in [-0.39, 0.29) is 12.1 Å². The van der Waals surface area contributed by atoms with Crippen molar-refractivity contribution in [1.82, 2.24) is 35.9 Å². The predicted molar refractivity (Wildman–Crippen MR) is 159 cm³/mol. The molecule has 0 radical (unpaired) electrons. The molecule has 1 aliphatic heterocycles. The summed E-state index contributed by atoms with van der Waals surface area (Å²) < 4.78 is 11.4. The predicted octanol–water partition coefficient (Wildman–Crippen LogP) is 4.00. The van der Waals surface area contributed by atoms with Crippen molar-refractivity contribution in [2.45, 2.75) is 90.1 Å². The fraction of sp³-hybridized carbons (Fsp3) is 0.600. The molecule has 0 spiro atoms. The van der Waals surface area contributed by atoms with E-state index in [2.05, 4.69) is 74.5 Å². The van der Waals surface area contributed by atoms with Gasteiger partial charge in [-0.3, -0.25) is 0 Å². The Morgan fingerprint density at radius 3 is 2.67 bits per heavy atom. The van der Waals surface area contributed by atoms with E-state index in [9.17, 15) is 5.26 Å². The fourth-order valence-corrected chi connectivity index (χ4v) is 5.63. The van der Waals surface area contributed by atoms with Crippen molar-refractivity contribution in [3.05, 3.63) is 41.9 Å². The summed E-state index contributed by atoms with van der Waals surface area (Å²) >= 11 is 0. The summed E-state index contributed by atoms with van der Waals surface area (Å²) in [7, 11) is 0. The average molecular weight is 575 g/mol. The van der Waals surface area contributed by atoms with Crippen molar-refractivity contribution in [2.24, 2.45) is 5.41 Å². The van der Waals surface area contributed by atoms with Crippen LogP contribution in [0.2, 0.25) is 0 Å². The molecule has 0 bridgehead atoms. The van der Waals surface area contributed by atoms with Crippen LogP contribution in [0.3, 0.4) is 0 Å². The molecule has 12 nitrogen and oxygen atoms in total. The average Bonchev–Trinajstić information content (AvgIpc) is 3.55. The van der Waals surface area contributed by atoms with E-state index < -0.39 is 5.41 Å². The van der Waals surface area contributed by atoms with Gasteiger partial charge in [0.1, 0.15) is 18.2 Å². The Balaban J connectivity index is 1.12. The number of nitrogens with zero attached hydrogens (tertiary/aromatic N) is 6. The molecule has 12 heteroatoms. The lowest BCUT2D eigenvalue weighted by Crippen LogP contribution is -2.46. The van der Waals surface area contributed by atoms with Crippen LogP contribution in [0.4, 0.5) is 11.6 Å². The number of nitrogens with one attached hydrogen (secondary N) is 4. The third kappa shape index (κ3) is 7.79. The van der Waals surface area contributed by atoms with E-state index in [1.54, 1.807) is 0 Å². The number of aromatic amines is 1. The first-order valence-corrected chi connectivity index (χ1v) is 15.0. The summed E-state index contributed by atoms with van der Waals surface area (Å²) in [4.78, 5) is 9.56. The maximum atomic E-state index is 9.78. The first-order valence-electron chi connectivity index (χ1n) is 15.0. The van der Waals surface area contributed by atoms with Crippen molar-refractivity contribution in [2.75, 3.05) is 30.4 Å². The van der Waals surface area contributed by atoms with Crippen LogP contribution >= 0.6 is 0 Å². The van der Waals surface area contributed by atoms with Gasteiger partial charge in [0.15, 0.2) is 5.82 Å². The highest BCUT2D eigenvalue weighted by molar-refractivity contribution is 5.68. The maximum Gasteiger partial charge on any atom is 0.200 e. The molecule has 4 heterocycles. The van der Waals surface area contributed by atoms with E-state index in [4.69, 9.17) is 14.5 Å². The molecule has 4 N–H and O–H groups in total. The van der Waals surface area contributed by atoms with E-state index in [0.717, 1.165) is 67.0 Å². The number of aryl methyl sites for hydroxylation is 1. The molecule has 3 aromatic heterocycles. The summed E-state index contributed by atoms with van der Waals surface area (Å²) in [6.07, 6.45) is 7.73. The third-order valence-corrected chi connectivity index (χ3v) is 8.57. The van der Waals surface area contributed by atoms with Gasteiger partial charge in [0.05, 0.1) is 23.3 Å². The molecule has 2 aliphatic rings. The molecule has 0 unspecified atom stereocenters. The van der Waals surface area contributed by atoms with E-state index >= 15 is 0 Å². The molecule has 0 amide bonds. The number of rotatable bonds is 12. The second-order valence-corrected chi connectivity index (χ2v) is 11.6. The molecule has 0 aromatic carbocycles. The van der Waals surface area contributed by atoms with E-state index in [1.807, 2.05) is 24.4 Å². The van der Waals surface area contributed by atoms with Gasteiger partial charge >= 0.3 is 0 Å². The largest absolute Gasteiger partial charge is 0.381 e. The molecule has 3 aromatic rings. The zero-order valence-electron chi connectivity index (χ0n) is 24.8. The number of tetrazole rings is 1. The molecule has 2 fully saturated rings. The number of H-pyrrole nitrogens is 1. The first kappa shape index (κ1) is 29.8. The molecule has 1 aliphatic carbocycles. The Hall–Kier alpha value is -3.66. The number of ether oxygens (including phenoxy) is 2. The van der Waals surface area contributed by atoms with Crippen LogP contribution in [-0.4, -0.2) is 74.6 Å². The molecular weight excluding hydrogens is 532 g/mol. The Labute approximate surface area is 247 Å². The summed E-state index contributed by atoms with van der Waals surface area (Å²) in [6, 6.07) is 11.6. The topological polar surface area (TPSA) is 159 Å². The molecule has 1 saturated heterocycles. The van der Waals surface area contributed by atoms with Crippen molar-refractivity contribution in [3.8, 4) is 17.3 Å². The molecule has 42 heavy (non-hydrogen) atoms. The van der Waals surface area contributed by atoms with Crippen LogP contribution in [0.15, 0.2) is 30.5 Å². The Bertz CT molecular complexity index is 1310. The van der Waals surface area contributed by atoms with Crippen LogP contribution in [0, 0.1) is 23.7 Å². The van der Waals surface area contributed by atoms with Crippen LogP contribution in [0.1, 0.15) is 63.8 Å². The van der Waals surface area contributed by atoms with Gasteiger partial charge in [-0.05, 0) is 83.1 Å². The molecule has 1 saturated carbocycles. The quantitative estimate of drug-likeness (QED) is 0.248. The van der Waals surface area contributed by atoms with Gasteiger partial charge in [-0.15, -0.1) is 10.2 Å². The number of aromatic nitrogens is 6. The van der Waals surface area contributed by atoms with Gasteiger partial charge in [0.25, 0.3) is 0 Å². The molecule has 224 valence electrons. The Kier molecular flexibility index (Phi) is 9.94. The number of hydrogen-bond donors (Lipinski definition) is 4. The normalized spacial score (nSPS) is 21.7. The lowest BCUT2D eigenvalue weighted by atomic mass is 9.82. The standard InChI is InChI=1S/C30H42N10O2/c1-20-16-32-28(15-25(20)26-5-4-6-27(36-26)33-19-30(18-31)11-13-41-14-12-30)35-24-9-7-23(8-10-24)34-21(2)22(3)42-17-29-37-39-40-38-29/h4-6,15-16,21-24,34H,7-14,17,19H2,1-3H3,(H,32,35)(H,33,36)(H,37,38,39,40)/t21-,22+,23-,24-/m1/s1. The van der Waals surface area contributed by atoms with E-state index in [0.29, 0.717) is 44.3 Å². The molecule has 2 atom stereocenters. The van der Waals surface area contributed by atoms with Crippen LogP contribution in [-0.2, 0) is 16.1 Å². The summed E-state index contributed by atoms with van der Waals surface area (Å²) in [5.41, 5.74) is 2.60. The second-order valence-electron chi connectivity index (χ2n) is 11.6. The number of anilines is 2. The molecular formula is C30H42N10O2. The Morgan fingerprint density at radius 2 is 1.93 bits per heavy atom. The second kappa shape index (κ2) is 14.0. The van der Waals surface area contributed by atoms with Crippen LogP contribution < -0.4 is 16.0 Å². The van der Waals surface area contributed by atoms with Crippen LogP contribution in [0.5, 0.6) is 0 Å². The van der Waals surface area contributed by atoms with Gasteiger partial charge in [-0.1, -0.05) is 11.3 Å². The highest BCUT2D eigenvalue weighted by atomic mass is 16.5. The van der Waals surface area contributed by atoms with Crippen molar-refractivity contribution >= 4 is 11.6 Å². The summed E-state index contributed by atoms with van der Waals surface area (Å²) in [5, 5.41) is 34.5. The van der Waals surface area contributed by atoms with Gasteiger partial charge in [0.2, 0.25) is 0 Å². The number of nitriles is 1. The minimum Gasteiger partial charge on any atom is -0.381 e. The summed E-state index contributed by atoms with van der Waals surface area (Å²) in [6.45, 7) is 8.46. The molecule has 5 rings (SSSR count). The van der Waals surface area contributed by atoms with Gasteiger partial charge < -0.3 is 25.4 Å². The lowest BCUT2D eigenvalue weighted by molar-refractivity contribution is 0.0237. The highest BCUT2D eigenvalue weighted by Crippen LogP contribution is 2.31. The first-order chi connectivity index (χ1) is 20.4. The smallest absolute Gasteiger partial charge is 0.200 e. The highest BCUT2D eigenvalue weighted by Gasteiger charge is 2.32. The Morgan fingerprint density at radius 1 is 1.14 bits per heavy atom. The van der Waals surface area contributed by atoms with Gasteiger partial charge in [0, 0.05) is 49.6 Å². The van der Waals surface area contributed by atoms with Gasteiger partial charge in [-0.2, -0.15) is 10.5 Å². The van der Waals surface area contributed by atoms with Crippen molar-refractivity contribution in [1.29, 1.82) is 5.26 Å². The third-order valence-electron chi connectivity index (χ3n) is 8.57. The number of hydrogen-bond acceptors (Lipinski definition) is 11. The SMILES string of the molecule is Cc1cnc(N[C@H]2CC[C@H](N[C@H](C)[C@H](C)OCc3nn[nH]n3)CC2)cc1-c1cccc(NCC2(C#N)CCOCC2)n1. The van der Waals surface area contributed by atoms with Crippen LogP contribution in [0.25, 0.3) is 11.3 Å². The maximum absolute atomic E-state index is 9.78. The fourth-order valence-electron chi connectivity index (χ4n) is 5.63. The number of pyridine rings is 2. The minimum atomic E-state index is -0.408. The van der Waals surface area contributed by atoms with Crippen molar-refractivity contribution < 1.29 is 9.47 Å². The summed E-state index contributed by atoms with van der Waals surface area (Å²) in [5.74, 6) is 2.20.